The molecule has 2 N–H and O–H groups in total. The molecule has 0 heterocycles. The van der Waals surface area contributed by atoms with Gasteiger partial charge in [0.25, 0.3) is 0 Å². The van der Waals surface area contributed by atoms with Crippen LogP contribution in [0.2, 0.25) is 0 Å². The van der Waals surface area contributed by atoms with Crippen LogP contribution in [0, 0.1) is 0 Å². The van der Waals surface area contributed by atoms with E-state index in [4.69, 9.17) is 5.73 Å². The van der Waals surface area contributed by atoms with E-state index >= 15 is 0 Å². The summed E-state index contributed by atoms with van der Waals surface area (Å²) in [6.07, 6.45) is 0.924. The molecule has 1 unspecified atom stereocenters. The topological polar surface area (TPSA) is 26.0 Å². The van der Waals surface area contributed by atoms with Gasteiger partial charge in [-0.1, -0.05) is 55.9 Å². The van der Waals surface area contributed by atoms with E-state index in [0.717, 1.165) is 6.42 Å². The molecule has 106 valence electrons. The lowest BCUT2D eigenvalue weighted by Crippen LogP contribution is -2.18. The highest BCUT2D eigenvalue weighted by Crippen LogP contribution is 2.31. The third-order valence-electron chi connectivity index (χ3n) is 3.29. The average Bonchev–Trinajstić information content (AvgIpc) is 2.41. The first-order valence-corrected chi connectivity index (χ1v) is 7.99. The normalized spacial score (nSPS) is 12.7. The lowest BCUT2D eigenvalue weighted by atomic mass is 10.0. The summed E-state index contributed by atoms with van der Waals surface area (Å²) in [6.45, 7) is 6.50. The largest absolute Gasteiger partial charge is 0.328 e. The Hall–Kier alpha value is -1.25. The van der Waals surface area contributed by atoms with Gasteiger partial charge in [0.1, 0.15) is 0 Å². The maximum Gasteiger partial charge on any atom is 0.0154 e. The Balaban J connectivity index is 2.17. The summed E-state index contributed by atoms with van der Waals surface area (Å²) in [5.41, 5.74) is 8.65. The molecule has 0 aliphatic heterocycles. The van der Waals surface area contributed by atoms with Crippen LogP contribution >= 0.6 is 11.8 Å². The van der Waals surface area contributed by atoms with Crippen molar-refractivity contribution in [2.45, 2.75) is 48.9 Å². The first kappa shape index (κ1) is 15.1. The van der Waals surface area contributed by atoms with E-state index in [2.05, 4.69) is 69.3 Å². The molecule has 0 saturated heterocycles. The van der Waals surface area contributed by atoms with Crippen LogP contribution in [-0.4, -0.2) is 6.04 Å². The Bertz CT molecular complexity index is 544. The summed E-state index contributed by atoms with van der Waals surface area (Å²) in [4.78, 5) is 2.59. The molecule has 0 aromatic heterocycles. The Labute approximate surface area is 126 Å². The summed E-state index contributed by atoms with van der Waals surface area (Å²) in [5, 5.41) is 0. The van der Waals surface area contributed by atoms with Crippen molar-refractivity contribution >= 4 is 11.8 Å². The van der Waals surface area contributed by atoms with E-state index in [-0.39, 0.29) is 6.04 Å². The fourth-order valence-electron chi connectivity index (χ4n) is 2.17. The van der Waals surface area contributed by atoms with Crippen LogP contribution in [0.4, 0.5) is 0 Å². The maximum absolute atomic E-state index is 5.93. The van der Waals surface area contributed by atoms with Crippen molar-refractivity contribution < 1.29 is 0 Å². The van der Waals surface area contributed by atoms with Crippen molar-refractivity contribution in [3.05, 3.63) is 59.7 Å². The van der Waals surface area contributed by atoms with E-state index in [9.17, 15) is 0 Å². The summed E-state index contributed by atoms with van der Waals surface area (Å²) in [7, 11) is 0. The van der Waals surface area contributed by atoms with Gasteiger partial charge in [0.05, 0.1) is 0 Å². The summed E-state index contributed by atoms with van der Waals surface area (Å²) in [5.74, 6) is 0.583. The fraction of sp³-hybridized carbons (Fsp3) is 0.333. The molecule has 20 heavy (non-hydrogen) atoms. The van der Waals surface area contributed by atoms with Crippen LogP contribution in [-0.2, 0) is 6.42 Å². The summed E-state index contributed by atoms with van der Waals surface area (Å²) in [6, 6.07) is 17.6. The molecule has 0 bridgehead atoms. The molecule has 2 aromatic carbocycles. The summed E-state index contributed by atoms with van der Waals surface area (Å²) >= 11 is 1.82. The second-order valence-electron chi connectivity index (χ2n) is 5.61. The molecular formula is C18H23NS. The van der Waals surface area contributed by atoms with E-state index < -0.39 is 0 Å². The van der Waals surface area contributed by atoms with Crippen molar-refractivity contribution in [2.75, 3.05) is 0 Å². The standard InChI is InChI=1S/C18H23NS/c1-13(2)15-8-10-17(11-9-15)20-18-7-5-4-6-16(18)12-14(3)19/h4-11,13-14H,12,19H2,1-3H3. The highest BCUT2D eigenvalue weighted by Gasteiger charge is 2.06. The van der Waals surface area contributed by atoms with Gasteiger partial charge in [-0.25, -0.2) is 0 Å². The Morgan fingerprint density at radius 2 is 1.60 bits per heavy atom. The van der Waals surface area contributed by atoms with Gasteiger partial charge in [-0.2, -0.15) is 0 Å². The van der Waals surface area contributed by atoms with Gasteiger partial charge in [0.2, 0.25) is 0 Å². The van der Waals surface area contributed by atoms with E-state index in [1.54, 1.807) is 0 Å². The molecule has 0 saturated carbocycles. The van der Waals surface area contributed by atoms with E-state index in [0.29, 0.717) is 5.92 Å². The molecule has 1 nitrogen and oxygen atoms in total. The van der Waals surface area contributed by atoms with Crippen LogP contribution in [0.15, 0.2) is 58.3 Å². The predicted molar refractivity (Wildman–Crippen MR) is 88.4 cm³/mol. The molecule has 2 heteroatoms. The van der Waals surface area contributed by atoms with Crippen LogP contribution in [0.5, 0.6) is 0 Å². The average molecular weight is 285 g/mol. The fourth-order valence-corrected chi connectivity index (χ4v) is 3.12. The minimum absolute atomic E-state index is 0.195. The van der Waals surface area contributed by atoms with Gasteiger partial charge in [0.15, 0.2) is 0 Å². The van der Waals surface area contributed by atoms with Crippen molar-refractivity contribution in [3.63, 3.8) is 0 Å². The lowest BCUT2D eigenvalue weighted by molar-refractivity contribution is 0.729. The van der Waals surface area contributed by atoms with Crippen LogP contribution < -0.4 is 5.73 Å². The monoisotopic (exact) mass is 285 g/mol. The molecule has 2 aromatic rings. The summed E-state index contributed by atoms with van der Waals surface area (Å²) < 4.78 is 0. The molecule has 0 fully saturated rings. The smallest absolute Gasteiger partial charge is 0.0154 e. The minimum atomic E-state index is 0.195. The van der Waals surface area contributed by atoms with Crippen molar-refractivity contribution in [2.24, 2.45) is 5.73 Å². The highest BCUT2D eigenvalue weighted by molar-refractivity contribution is 7.99. The van der Waals surface area contributed by atoms with Gasteiger partial charge in [-0.15, -0.1) is 0 Å². The van der Waals surface area contributed by atoms with Gasteiger partial charge in [-0.3, -0.25) is 0 Å². The Morgan fingerprint density at radius 1 is 0.950 bits per heavy atom. The zero-order chi connectivity index (χ0) is 14.5. The SMILES string of the molecule is CC(N)Cc1ccccc1Sc1ccc(C(C)C)cc1. The Kier molecular flexibility index (Phi) is 5.27. The molecule has 0 amide bonds. The third-order valence-corrected chi connectivity index (χ3v) is 4.42. The molecule has 0 spiro atoms. The van der Waals surface area contributed by atoms with Crippen LogP contribution in [0.1, 0.15) is 37.8 Å². The third kappa shape index (κ3) is 4.12. The number of rotatable bonds is 5. The van der Waals surface area contributed by atoms with Crippen molar-refractivity contribution in [1.29, 1.82) is 0 Å². The molecule has 2 rings (SSSR count). The predicted octanol–water partition coefficient (Wildman–Crippen LogP) is 4.85. The number of benzene rings is 2. The van der Waals surface area contributed by atoms with Gasteiger partial charge >= 0.3 is 0 Å². The zero-order valence-electron chi connectivity index (χ0n) is 12.5. The zero-order valence-corrected chi connectivity index (χ0v) is 13.3. The van der Waals surface area contributed by atoms with E-state index in [1.807, 2.05) is 11.8 Å². The second-order valence-corrected chi connectivity index (χ2v) is 6.73. The van der Waals surface area contributed by atoms with E-state index in [1.165, 1.54) is 20.9 Å². The highest BCUT2D eigenvalue weighted by atomic mass is 32.2. The second kappa shape index (κ2) is 6.96. The Morgan fingerprint density at radius 3 is 2.20 bits per heavy atom. The first-order valence-electron chi connectivity index (χ1n) is 7.17. The van der Waals surface area contributed by atoms with Gasteiger partial charge < -0.3 is 5.73 Å². The first-order chi connectivity index (χ1) is 9.56. The lowest BCUT2D eigenvalue weighted by Gasteiger charge is -2.12. The van der Waals surface area contributed by atoms with Crippen LogP contribution in [0.25, 0.3) is 0 Å². The molecule has 0 radical (unpaired) electrons. The number of hydrogen-bond donors (Lipinski definition) is 1. The molecule has 0 aliphatic rings. The van der Waals surface area contributed by atoms with Crippen molar-refractivity contribution in [3.8, 4) is 0 Å². The maximum atomic E-state index is 5.93. The van der Waals surface area contributed by atoms with Gasteiger partial charge in [0, 0.05) is 15.8 Å². The van der Waals surface area contributed by atoms with Crippen molar-refractivity contribution in [1.82, 2.24) is 0 Å². The molecule has 1 atom stereocenters. The number of hydrogen-bond acceptors (Lipinski definition) is 2. The van der Waals surface area contributed by atoms with Crippen LogP contribution in [0.3, 0.4) is 0 Å². The quantitative estimate of drug-likeness (QED) is 0.849. The molecule has 0 aliphatic carbocycles. The van der Waals surface area contributed by atoms with Gasteiger partial charge in [-0.05, 0) is 48.6 Å². The minimum Gasteiger partial charge on any atom is -0.328 e. The molecular weight excluding hydrogens is 262 g/mol. The number of nitrogens with two attached hydrogens (primary N) is 1.